The van der Waals surface area contributed by atoms with Gasteiger partial charge < -0.3 is 9.88 Å². The molecule has 92 valence electrons. The molecule has 4 nitrogen and oxygen atoms in total. The SMILES string of the molecule is CCCNCc1cccn1Cc1cnn(C)c1. The van der Waals surface area contributed by atoms with Crippen LogP contribution in [-0.2, 0) is 20.1 Å². The highest BCUT2D eigenvalue weighted by Crippen LogP contribution is 2.07. The number of hydrogen-bond acceptors (Lipinski definition) is 2. The Morgan fingerprint density at radius 1 is 1.41 bits per heavy atom. The molecule has 0 amide bonds. The maximum atomic E-state index is 4.19. The van der Waals surface area contributed by atoms with Crippen molar-refractivity contribution in [2.24, 2.45) is 7.05 Å². The van der Waals surface area contributed by atoms with Crippen LogP contribution in [0.5, 0.6) is 0 Å². The van der Waals surface area contributed by atoms with E-state index in [2.05, 4.69) is 46.4 Å². The second kappa shape index (κ2) is 5.68. The molecule has 1 N–H and O–H groups in total. The summed E-state index contributed by atoms with van der Waals surface area (Å²) in [6.45, 7) is 5.07. The molecule has 2 aromatic rings. The highest BCUT2D eigenvalue weighted by Gasteiger charge is 2.02. The number of aromatic nitrogens is 3. The monoisotopic (exact) mass is 232 g/mol. The average molecular weight is 232 g/mol. The Kier molecular flexibility index (Phi) is 3.98. The third-order valence-corrected chi connectivity index (χ3v) is 2.77. The van der Waals surface area contributed by atoms with Gasteiger partial charge in [-0.2, -0.15) is 5.10 Å². The lowest BCUT2D eigenvalue weighted by Crippen LogP contribution is -2.16. The number of aryl methyl sites for hydroxylation is 1. The molecule has 0 fully saturated rings. The summed E-state index contributed by atoms with van der Waals surface area (Å²) in [6.07, 6.45) is 7.27. The van der Waals surface area contributed by atoms with E-state index in [0.717, 1.165) is 19.6 Å². The van der Waals surface area contributed by atoms with Crippen LogP contribution in [0.25, 0.3) is 0 Å². The standard InChI is InChI=1S/C13H20N4/c1-3-6-14-9-13-5-4-7-17(13)11-12-8-15-16(2)10-12/h4-5,7-8,10,14H,3,6,9,11H2,1-2H3. The van der Waals surface area contributed by atoms with E-state index >= 15 is 0 Å². The first kappa shape index (κ1) is 11.9. The highest BCUT2D eigenvalue weighted by atomic mass is 15.2. The summed E-state index contributed by atoms with van der Waals surface area (Å²) in [5.74, 6) is 0. The molecule has 0 spiro atoms. The number of nitrogens with zero attached hydrogens (tertiary/aromatic N) is 3. The second-order valence-electron chi connectivity index (χ2n) is 4.33. The van der Waals surface area contributed by atoms with Crippen LogP contribution in [0.1, 0.15) is 24.6 Å². The van der Waals surface area contributed by atoms with Gasteiger partial charge in [0.05, 0.1) is 12.7 Å². The van der Waals surface area contributed by atoms with Crippen molar-refractivity contribution >= 4 is 0 Å². The Morgan fingerprint density at radius 3 is 3.00 bits per heavy atom. The lowest BCUT2D eigenvalue weighted by molar-refractivity contribution is 0.630. The Morgan fingerprint density at radius 2 is 2.29 bits per heavy atom. The molecule has 0 aliphatic heterocycles. The first-order valence-electron chi connectivity index (χ1n) is 6.12. The molecular formula is C13H20N4. The summed E-state index contributed by atoms with van der Waals surface area (Å²) in [4.78, 5) is 0. The van der Waals surface area contributed by atoms with Crippen LogP contribution >= 0.6 is 0 Å². The largest absolute Gasteiger partial charge is 0.346 e. The number of rotatable bonds is 6. The van der Waals surface area contributed by atoms with E-state index in [-0.39, 0.29) is 0 Å². The third-order valence-electron chi connectivity index (χ3n) is 2.77. The lowest BCUT2D eigenvalue weighted by Gasteiger charge is -2.08. The molecule has 0 aromatic carbocycles. The fourth-order valence-electron chi connectivity index (χ4n) is 1.91. The van der Waals surface area contributed by atoms with Crippen molar-refractivity contribution in [2.75, 3.05) is 6.54 Å². The zero-order chi connectivity index (χ0) is 12.1. The van der Waals surface area contributed by atoms with Crippen molar-refractivity contribution in [2.45, 2.75) is 26.4 Å². The molecular weight excluding hydrogens is 212 g/mol. The Labute approximate surface area is 102 Å². The molecule has 0 saturated carbocycles. The minimum Gasteiger partial charge on any atom is -0.346 e. The van der Waals surface area contributed by atoms with E-state index in [1.807, 2.05) is 17.9 Å². The van der Waals surface area contributed by atoms with E-state index in [1.54, 1.807) is 0 Å². The van der Waals surface area contributed by atoms with E-state index in [0.29, 0.717) is 0 Å². The van der Waals surface area contributed by atoms with Crippen molar-refractivity contribution in [3.05, 3.63) is 42.0 Å². The summed E-state index contributed by atoms with van der Waals surface area (Å²) in [7, 11) is 1.95. The smallest absolute Gasteiger partial charge is 0.0539 e. The van der Waals surface area contributed by atoms with Crippen molar-refractivity contribution in [3.63, 3.8) is 0 Å². The zero-order valence-electron chi connectivity index (χ0n) is 10.6. The molecule has 0 aliphatic carbocycles. The van der Waals surface area contributed by atoms with Crippen molar-refractivity contribution in [3.8, 4) is 0 Å². The van der Waals surface area contributed by atoms with Gasteiger partial charge in [0.2, 0.25) is 0 Å². The van der Waals surface area contributed by atoms with E-state index in [1.165, 1.54) is 17.7 Å². The van der Waals surface area contributed by atoms with Gasteiger partial charge in [0.1, 0.15) is 0 Å². The van der Waals surface area contributed by atoms with Gasteiger partial charge in [-0.3, -0.25) is 4.68 Å². The van der Waals surface area contributed by atoms with Gasteiger partial charge in [0.25, 0.3) is 0 Å². The summed E-state index contributed by atoms with van der Waals surface area (Å²) < 4.78 is 4.10. The summed E-state index contributed by atoms with van der Waals surface area (Å²) >= 11 is 0. The molecule has 0 atom stereocenters. The van der Waals surface area contributed by atoms with Gasteiger partial charge in [-0.15, -0.1) is 0 Å². The Balaban J connectivity index is 1.98. The lowest BCUT2D eigenvalue weighted by atomic mass is 10.3. The van der Waals surface area contributed by atoms with Crippen molar-refractivity contribution in [1.29, 1.82) is 0 Å². The van der Waals surface area contributed by atoms with Crippen molar-refractivity contribution < 1.29 is 0 Å². The second-order valence-corrected chi connectivity index (χ2v) is 4.33. The van der Waals surface area contributed by atoms with Gasteiger partial charge in [0, 0.05) is 37.2 Å². The van der Waals surface area contributed by atoms with Gasteiger partial charge in [-0.25, -0.2) is 0 Å². The minimum absolute atomic E-state index is 0.893. The first-order chi connectivity index (χ1) is 8.29. The predicted molar refractivity (Wildman–Crippen MR) is 68.7 cm³/mol. The van der Waals surface area contributed by atoms with E-state index < -0.39 is 0 Å². The van der Waals surface area contributed by atoms with E-state index in [4.69, 9.17) is 0 Å². The summed E-state index contributed by atoms with van der Waals surface area (Å²) in [5.41, 5.74) is 2.56. The molecule has 2 heterocycles. The van der Waals surface area contributed by atoms with Crippen LogP contribution in [0.3, 0.4) is 0 Å². The quantitative estimate of drug-likeness (QED) is 0.770. The minimum atomic E-state index is 0.893. The topological polar surface area (TPSA) is 34.8 Å². The van der Waals surface area contributed by atoms with Crippen LogP contribution < -0.4 is 5.32 Å². The number of hydrogen-bond donors (Lipinski definition) is 1. The Bertz CT molecular complexity index is 455. The van der Waals surface area contributed by atoms with Crippen LogP contribution in [0.15, 0.2) is 30.7 Å². The van der Waals surface area contributed by atoms with Crippen molar-refractivity contribution in [1.82, 2.24) is 19.7 Å². The zero-order valence-corrected chi connectivity index (χ0v) is 10.6. The molecule has 4 heteroatoms. The average Bonchev–Trinajstić information content (AvgIpc) is 2.90. The van der Waals surface area contributed by atoms with Crippen LogP contribution in [0.4, 0.5) is 0 Å². The van der Waals surface area contributed by atoms with Gasteiger partial charge in [-0.1, -0.05) is 6.92 Å². The van der Waals surface area contributed by atoms with Crippen LogP contribution in [0, 0.1) is 0 Å². The first-order valence-corrected chi connectivity index (χ1v) is 6.12. The van der Waals surface area contributed by atoms with Crippen LogP contribution in [0.2, 0.25) is 0 Å². The summed E-state index contributed by atoms with van der Waals surface area (Å²) in [6, 6.07) is 4.26. The fourth-order valence-corrected chi connectivity index (χ4v) is 1.91. The molecule has 17 heavy (non-hydrogen) atoms. The molecule has 2 aromatic heterocycles. The van der Waals surface area contributed by atoms with Crippen LogP contribution in [-0.4, -0.2) is 20.9 Å². The number of nitrogens with one attached hydrogen (secondary N) is 1. The van der Waals surface area contributed by atoms with Gasteiger partial charge >= 0.3 is 0 Å². The predicted octanol–water partition coefficient (Wildman–Crippen LogP) is 1.77. The van der Waals surface area contributed by atoms with Gasteiger partial charge in [0.15, 0.2) is 0 Å². The van der Waals surface area contributed by atoms with E-state index in [9.17, 15) is 0 Å². The van der Waals surface area contributed by atoms with Gasteiger partial charge in [-0.05, 0) is 25.1 Å². The fraction of sp³-hybridized carbons (Fsp3) is 0.462. The molecule has 0 aliphatic rings. The Hall–Kier alpha value is -1.55. The third kappa shape index (κ3) is 3.20. The highest BCUT2D eigenvalue weighted by molar-refractivity contribution is 5.12. The molecule has 0 radical (unpaired) electrons. The molecule has 0 bridgehead atoms. The summed E-state index contributed by atoms with van der Waals surface area (Å²) in [5, 5.41) is 7.62. The maximum Gasteiger partial charge on any atom is 0.0539 e. The maximum absolute atomic E-state index is 4.19. The molecule has 0 unspecified atom stereocenters. The molecule has 2 rings (SSSR count). The normalized spacial score (nSPS) is 10.9. The molecule has 0 saturated heterocycles.